The topological polar surface area (TPSA) is 164 Å². The van der Waals surface area contributed by atoms with E-state index in [1.807, 2.05) is 5.32 Å². The average molecular weight is 349 g/mol. The third-order valence-corrected chi connectivity index (χ3v) is 3.41. The van der Waals surface area contributed by atoms with Crippen LogP contribution in [-0.4, -0.2) is 41.9 Å². The van der Waals surface area contributed by atoms with Crippen LogP contribution in [0.25, 0.3) is 0 Å². The van der Waals surface area contributed by atoms with Crippen molar-refractivity contribution in [3.05, 3.63) is 39.9 Å². The molecular formula is C14H15N5O6. The molecule has 0 bridgehead atoms. The van der Waals surface area contributed by atoms with Crippen LogP contribution in [0.4, 0.5) is 10.5 Å². The van der Waals surface area contributed by atoms with Crippen LogP contribution in [0.1, 0.15) is 16.8 Å². The zero-order valence-electron chi connectivity index (χ0n) is 12.9. The number of non-ortho nitro benzene ring substituents is 1. The molecule has 0 unspecified atom stereocenters. The molecular weight excluding hydrogens is 334 g/mol. The maximum atomic E-state index is 11.8. The average Bonchev–Trinajstić information content (AvgIpc) is 3.09. The van der Waals surface area contributed by atoms with Gasteiger partial charge < -0.3 is 10.1 Å². The van der Waals surface area contributed by atoms with Crippen molar-refractivity contribution in [1.82, 2.24) is 16.0 Å². The number of alkyl carbamates (subject to hydrolysis) is 1. The first kappa shape index (κ1) is 18.0. The molecule has 0 aromatic heterocycles. The molecule has 1 aliphatic heterocycles. The van der Waals surface area contributed by atoms with E-state index in [2.05, 4.69) is 15.4 Å². The molecule has 0 radical (unpaired) electrons. The molecule has 1 atom stereocenters. The molecule has 1 fully saturated rings. The number of hydrogen-bond donors (Lipinski definition) is 4. The van der Waals surface area contributed by atoms with Crippen molar-refractivity contribution in [2.45, 2.75) is 6.42 Å². The van der Waals surface area contributed by atoms with Gasteiger partial charge in [-0.15, -0.1) is 0 Å². The van der Waals surface area contributed by atoms with Gasteiger partial charge in [-0.2, -0.15) is 0 Å². The van der Waals surface area contributed by atoms with Gasteiger partial charge in [-0.1, -0.05) is 0 Å². The van der Waals surface area contributed by atoms with Crippen LogP contribution >= 0.6 is 0 Å². The summed E-state index contributed by atoms with van der Waals surface area (Å²) in [4.78, 5) is 44.9. The molecule has 1 saturated heterocycles. The van der Waals surface area contributed by atoms with Gasteiger partial charge in [0.1, 0.15) is 0 Å². The Morgan fingerprint density at radius 2 is 1.92 bits per heavy atom. The van der Waals surface area contributed by atoms with Gasteiger partial charge in [0.05, 0.1) is 16.4 Å². The van der Waals surface area contributed by atoms with Crippen LogP contribution in [0.5, 0.6) is 0 Å². The van der Waals surface area contributed by atoms with E-state index in [-0.39, 0.29) is 17.2 Å². The summed E-state index contributed by atoms with van der Waals surface area (Å²) in [6.45, 7) is 1.19. The normalized spacial score (nSPS) is 15.9. The highest BCUT2D eigenvalue weighted by molar-refractivity contribution is 6.05. The first-order valence-electron chi connectivity index (χ1n) is 7.24. The summed E-state index contributed by atoms with van der Waals surface area (Å²) in [5.41, 5.74) is -0.291. The van der Waals surface area contributed by atoms with E-state index in [1.165, 1.54) is 0 Å². The smallest absolute Gasteiger partial charge is 0.372 e. The van der Waals surface area contributed by atoms with Crippen molar-refractivity contribution in [2.75, 3.05) is 13.1 Å². The standard InChI is InChI=1S/C14H15N5O6/c15-13(17-11(20)9-5-6-16-7-9)18-14(22)25-12(21)8-1-3-10(4-2-8)19(23)24/h1-4,9,16H,5-7H2,(H3,15,17,18,20,22)/t9-/m0/s1. The Balaban J connectivity index is 1.82. The molecule has 4 N–H and O–H groups in total. The van der Waals surface area contributed by atoms with Crippen molar-refractivity contribution >= 4 is 29.6 Å². The lowest BCUT2D eigenvalue weighted by Gasteiger charge is -2.11. The predicted molar refractivity (Wildman–Crippen MR) is 83.9 cm³/mol. The molecule has 1 heterocycles. The first-order valence-corrected chi connectivity index (χ1v) is 7.24. The SMILES string of the molecule is N=C(NC(=O)OC(=O)c1ccc([N+](=O)[O-])cc1)NC(=O)[C@H]1CCNC1. The highest BCUT2D eigenvalue weighted by Crippen LogP contribution is 2.12. The lowest BCUT2D eigenvalue weighted by atomic mass is 10.1. The lowest BCUT2D eigenvalue weighted by molar-refractivity contribution is -0.384. The zero-order chi connectivity index (χ0) is 18.4. The molecule has 1 aromatic rings. The number of guanidine groups is 1. The Morgan fingerprint density at radius 1 is 1.24 bits per heavy atom. The van der Waals surface area contributed by atoms with Crippen LogP contribution < -0.4 is 16.0 Å². The second-order valence-electron chi connectivity index (χ2n) is 5.16. The van der Waals surface area contributed by atoms with E-state index >= 15 is 0 Å². The van der Waals surface area contributed by atoms with Crippen LogP contribution in [0.2, 0.25) is 0 Å². The van der Waals surface area contributed by atoms with E-state index in [1.54, 1.807) is 0 Å². The second kappa shape index (κ2) is 7.97. The summed E-state index contributed by atoms with van der Waals surface area (Å²) in [5.74, 6) is -2.37. The molecule has 1 aromatic carbocycles. The van der Waals surface area contributed by atoms with Crippen molar-refractivity contribution in [3.63, 3.8) is 0 Å². The first-order chi connectivity index (χ1) is 11.9. The second-order valence-corrected chi connectivity index (χ2v) is 5.16. The molecule has 2 rings (SSSR count). The quantitative estimate of drug-likeness (QED) is 0.150. The summed E-state index contributed by atoms with van der Waals surface area (Å²) in [7, 11) is 0. The lowest BCUT2D eigenvalue weighted by Crippen LogP contribution is -2.46. The molecule has 132 valence electrons. The van der Waals surface area contributed by atoms with E-state index in [4.69, 9.17) is 5.41 Å². The highest BCUT2D eigenvalue weighted by Gasteiger charge is 2.24. The van der Waals surface area contributed by atoms with Crippen molar-refractivity contribution < 1.29 is 24.0 Å². The molecule has 0 saturated carbocycles. The Morgan fingerprint density at radius 3 is 2.48 bits per heavy atom. The minimum Gasteiger partial charge on any atom is -0.372 e. The van der Waals surface area contributed by atoms with Gasteiger partial charge in [-0.3, -0.25) is 31.0 Å². The van der Waals surface area contributed by atoms with Crippen LogP contribution in [0, 0.1) is 21.4 Å². The van der Waals surface area contributed by atoms with Gasteiger partial charge in [0.15, 0.2) is 0 Å². The number of nitro benzene ring substituents is 1. The third-order valence-electron chi connectivity index (χ3n) is 3.41. The summed E-state index contributed by atoms with van der Waals surface area (Å²) in [6, 6.07) is 4.45. The van der Waals surface area contributed by atoms with Gasteiger partial charge in [-0.25, -0.2) is 9.59 Å². The van der Waals surface area contributed by atoms with Crippen molar-refractivity contribution in [1.29, 1.82) is 5.41 Å². The van der Waals surface area contributed by atoms with E-state index in [9.17, 15) is 24.5 Å². The molecule has 25 heavy (non-hydrogen) atoms. The minimum atomic E-state index is -1.25. The van der Waals surface area contributed by atoms with Crippen LogP contribution in [0.15, 0.2) is 24.3 Å². The minimum absolute atomic E-state index is 0.0756. The predicted octanol–water partition coefficient (Wildman–Crippen LogP) is 0.122. The van der Waals surface area contributed by atoms with E-state index < -0.39 is 28.9 Å². The molecule has 11 heteroatoms. The number of ether oxygens (including phenoxy) is 1. The third kappa shape index (κ3) is 5.07. The van der Waals surface area contributed by atoms with Crippen molar-refractivity contribution in [2.24, 2.45) is 5.92 Å². The maximum Gasteiger partial charge on any atom is 0.421 e. The molecule has 0 aliphatic carbocycles. The molecule has 0 spiro atoms. The maximum absolute atomic E-state index is 11.8. The molecule has 11 nitrogen and oxygen atoms in total. The number of carbonyl (C=O) groups is 3. The fourth-order valence-corrected chi connectivity index (χ4v) is 2.12. The monoisotopic (exact) mass is 349 g/mol. The van der Waals surface area contributed by atoms with E-state index in [0.29, 0.717) is 19.5 Å². The van der Waals surface area contributed by atoms with Crippen molar-refractivity contribution in [3.8, 4) is 0 Å². The summed E-state index contributed by atoms with van der Waals surface area (Å²) < 4.78 is 4.45. The fraction of sp³-hybridized carbons (Fsp3) is 0.286. The number of esters is 1. The number of amides is 2. The Kier molecular flexibility index (Phi) is 5.74. The highest BCUT2D eigenvalue weighted by atomic mass is 16.6. The van der Waals surface area contributed by atoms with Gasteiger partial charge in [0.25, 0.3) is 5.69 Å². The van der Waals surface area contributed by atoms with Crippen LogP contribution in [-0.2, 0) is 9.53 Å². The number of nitrogens with zero attached hydrogens (tertiary/aromatic N) is 1. The number of rotatable bonds is 3. The number of benzene rings is 1. The van der Waals surface area contributed by atoms with Gasteiger partial charge in [-0.05, 0) is 25.1 Å². The summed E-state index contributed by atoms with van der Waals surface area (Å²) >= 11 is 0. The Bertz CT molecular complexity index is 711. The van der Waals surface area contributed by atoms with Gasteiger partial charge in [0.2, 0.25) is 11.9 Å². The molecule has 1 aliphatic rings. The summed E-state index contributed by atoms with van der Waals surface area (Å²) in [5, 5.41) is 25.1. The zero-order valence-corrected chi connectivity index (χ0v) is 12.9. The Hall–Kier alpha value is -3.34. The molecule has 2 amide bonds. The number of nitrogens with one attached hydrogen (secondary N) is 4. The number of hydrogen-bond acceptors (Lipinski definition) is 8. The number of carbonyl (C=O) groups excluding carboxylic acids is 3. The largest absolute Gasteiger partial charge is 0.421 e. The van der Waals surface area contributed by atoms with E-state index in [0.717, 1.165) is 24.3 Å². The number of nitro groups is 1. The Labute approximate surface area is 141 Å². The summed E-state index contributed by atoms with van der Waals surface area (Å²) in [6.07, 6.45) is -0.624. The van der Waals surface area contributed by atoms with Crippen LogP contribution in [0.3, 0.4) is 0 Å². The van der Waals surface area contributed by atoms with Gasteiger partial charge >= 0.3 is 12.1 Å². The van der Waals surface area contributed by atoms with Gasteiger partial charge in [0, 0.05) is 18.7 Å². The fourth-order valence-electron chi connectivity index (χ4n) is 2.12.